The van der Waals surface area contributed by atoms with Gasteiger partial charge in [-0.1, -0.05) is 48.6 Å². The van der Waals surface area contributed by atoms with Crippen LogP contribution < -0.4 is 29.6 Å². The minimum absolute atomic E-state index is 0.248. The molecule has 0 unspecified atom stereocenters. The van der Waals surface area contributed by atoms with Crippen LogP contribution in [0.5, 0.6) is 23.0 Å². The summed E-state index contributed by atoms with van der Waals surface area (Å²) in [5.41, 5.74) is 3.80. The Labute approximate surface area is 314 Å². The van der Waals surface area contributed by atoms with Gasteiger partial charge in [0.05, 0.1) is 39.6 Å². The first-order chi connectivity index (χ1) is 26.3. The van der Waals surface area contributed by atoms with Gasteiger partial charge in [-0.05, 0) is 85.3 Å². The van der Waals surface area contributed by atoms with Crippen LogP contribution in [0.4, 0.5) is 11.4 Å². The highest BCUT2D eigenvalue weighted by molar-refractivity contribution is 6.04. The number of ether oxygens (including phenoxy) is 4. The van der Waals surface area contributed by atoms with Gasteiger partial charge in [-0.2, -0.15) is 0 Å². The number of hydrogen-bond acceptors (Lipinski definition) is 8. The molecular weight excluding hydrogens is 688 g/mol. The fourth-order valence-electron chi connectivity index (χ4n) is 6.98. The maximum atomic E-state index is 13.5. The lowest BCUT2D eigenvalue weighted by atomic mass is 10.1. The third-order valence-corrected chi connectivity index (χ3v) is 9.72. The normalized spacial score (nSPS) is 16.6. The SMILES string of the molecule is COc1cccc(C(=O)N2CCC[C@H]2C(=O)Nc2ccc(C=Cc3ccc(NC(=O)[C@@H]4CCCN4C(=O)c4cccc(OC)c4OC)cc3)cc2)c1OC. The summed E-state index contributed by atoms with van der Waals surface area (Å²) in [6.45, 7) is 0.936. The van der Waals surface area contributed by atoms with Crippen LogP contribution in [0.2, 0.25) is 0 Å². The third-order valence-electron chi connectivity index (χ3n) is 9.72. The molecule has 54 heavy (non-hydrogen) atoms. The van der Waals surface area contributed by atoms with Gasteiger partial charge in [0.25, 0.3) is 11.8 Å². The van der Waals surface area contributed by atoms with Crippen LogP contribution in [0.3, 0.4) is 0 Å². The zero-order valence-corrected chi connectivity index (χ0v) is 30.8. The molecule has 2 saturated heterocycles. The second-order valence-electron chi connectivity index (χ2n) is 13.0. The van der Waals surface area contributed by atoms with Gasteiger partial charge in [0.15, 0.2) is 23.0 Å². The Morgan fingerprint density at radius 1 is 0.556 bits per heavy atom. The average Bonchev–Trinajstić information content (AvgIpc) is 3.91. The quantitative estimate of drug-likeness (QED) is 0.160. The molecule has 4 aromatic rings. The summed E-state index contributed by atoms with van der Waals surface area (Å²) in [4.78, 5) is 56.8. The summed E-state index contributed by atoms with van der Waals surface area (Å²) in [5.74, 6) is 0.537. The molecule has 2 fully saturated rings. The van der Waals surface area contributed by atoms with E-state index in [4.69, 9.17) is 18.9 Å². The second kappa shape index (κ2) is 17.0. The highest BCUT2D eigenvalue weighted by atomic mass is 16.5. The fraction of sp³-hybridized carbons (Fsp3) is 0.286. The van der Waals surface area contributed by atoms with E-state index in [9.17, 15) is 19.2 Å². The number of hydrogen-bond donors (Lipinski definition) is 2. The lowest BCUT2D eigenvalue weighted by Gasteiger charge is -2.25. The Hall–Kier alpha value is -6.30. The maximum absolute atomic E-state index is 13.5. The largest absolute Gasteiger partial charge is 0.493 e. The number of amides is 4. The van der Waals surface area contributed by atoms with Crippen molar-refractivity contribution in [2.24, 2.45) is 0 Å². The van der Waals surface area contributed by atoms with Gasteiger partial charge < -0.3 is 39.4 Å². The number of nitrogens with one attached hydrogen (secondary N) is 2. The minimum Gasteiger partial charge on any atom is -0.493 e. The number of benzene rings is 4. The van der Waals surface area contributed by atoms with Gasteiger partial charge in [-0.25, -0.2) is 0 Å². The number of likely N-dealkylation sites (tertiary alicyclic amines) is 2. The van der Waals surface area contributed by atoms with Crippen LogP contribution in [-0.4, -0.2) is 87.0 Å². The Kier molecular flexibility index (Phi) is 11.8. The van der Waals surface area contributed by atoms with Crippen LogP contribution in [0.15, 0.2) is 84.9 Å². The van der Waals surface area contributed by atoms with Gasteiger partial charge in [0.1, 0.15) is 12.1 Å². The molecule has 2 atom stereocenters. The lowest BCUT2D eigenvalue weighted by molar-refractivity contribution is -0.120. The number of rotatable bonds is 12. The lowest BCUT2D eigenvalue weighted by Crippen LogP contribution is -2.43. The van der Waals surface area contributed by atoms with Crippen molar-refractivity contribution in [1.82, 2.24) is 9.80 Å². The summed E-state index contributed by atoms with van der Waals surface area (Å²) >= 11 is 0. The van der Waals surface area contributed by atoms with E-state index in [2.05, 4.69) is 10.6 Å². The molecule has 0 aliphatic carbocycles. The Morgan fingerprint density at radius 3 is 1.30 bits per heavy atom. The molecule has 0 saturated carbocycles. The number of methoxy groups -OCH3 is 4. The van der Waals surface area contributed by atoms with E-state index in [0.29, 0.717) is 84.3 Å². The first-order valence-corrected chi connectivity index (χ1v) is 17.8. The Balaban J connectivity index is 1.03. The van der Waals surface area contributed by atoms with Crippen molar-refractivity contribution in [3.63, 3.8) is 0 Å². The van der Waals surface area contributed by atoms with Crippen molar-refractivity contribution in [3.8, 4) is 23.0 Å². The summed E-state index contributed by atoms with van der Waals surface area (Å²) in [6, 6.07) is 23.9. The average molecular weight is 733 g/mol. The predicted molar refractivity (Wildman–Crippen MR) is 206 cm³/mol. The Bertz CT molecular complexity index is 1880. The van der Waals surface area contributed by atoms with Crippen LogP contribution in [-0.2, 0) is 9.59 Å². The third kappa shape index (κ3) is 8.02. The van der Waals surface area contributed by atoms with Gasteiger partial charge in [0.2, 0.25) is 11.8 Å². The maximum Gasteiger partial charge on any atom is 0.258 e. The van der Waals surface area contributed by atoms with E-state index in [1.54, 1.807) is 46.2 Å². The number of carbonyl (C=O) groups excluding carboxylic acids is 4. The first kappa shape index (κ1) is 37.5. The van der Waals surface area contributed by atoms with E-state index < -0.39 is 12.1 Å². The monoisotopic (exact) mass is 732 g/mol. The molecule has 0 spiro atoms. The number of anilines is 2. The topological polar surface area (TPSA) is 136 Å². The smallest absolute Gasteiger partial charge is 0.258 e. The second-order valence-corrected chi connectivity index (χ2v) is 13.0. The molecule has 2 aliphatic heterocycles. The van der Waals surface area contributed by atoms with Crippen LogP contribution in [0.25, 0.3) is 12.2 Å². The highest BCUT2D eigenvalue weighted by Crippen LogP contribution is 2.35. The van der Waals surface area contributed by atoms with Crippen molar-refractivity contribution >= 4 is 47.2 Å². The van der Waals surface area contributed by atoms with Crippen molar-refractivity contribution in [2.45, 2.75) is 37.8 Å². The molecule has 12 nitrogen and oxygen atoms in total. The molecule has 4 amide bonds. The molecule has 0 radical (unpaired) electrons. The van der Waals surface area contributed by atoms with Crippen molar-refractivity contribution in [2.75, 3.05) is 52.2 Å². The molecule has 2 heterocycles. The Morgan fingerprint density at radius 2 is 0.944 bits per heavy atom. The summed E-state index contributed by atoms with van der Waals surface area (Å²) in [6.07, 6.45) is 6.46. The molecule has 0 aromatic heterocycles. The predicted octanol–water partition coefficient (Wildman–Crippen LogP) is 6.38. The van der Waals surface area contributed by atoms with Crippen LogP contribution in [0.1, 0.15) is 57.5 Å². The van der Waals surface area contributed by atoms with Gasteiger partial charge in [-0.15, -0.1) is 0 Å². The van der Waals surface area contributed by atoms with Gasteiger partial charge in [0, 0.05) is 24.5 Å². The summed E-state index contributed by atoms with van der Waals surface area (Å²) < 4.78 is 21.6. The molecule has 12 heteroatoms. The molecule has 6 rings (SSSR count). The van der Waals surface area contributed by atoms with Gasteiger partial charge >= 0.3 is 0 Å². The zero-order valence-electron chi connectivity index (χ0n) is 30.8. The molecule has 2 aliphatic rings. The van der Waals surface area contributed by atoms with E-state index in [-0.39, 0.29) is 23.6 Å². The summed E-state index contributed by atoms with van der Waals surface area (Å²) in [5, 5.41) is 5.92. The van der Waals surface area contributed by atoms with E-state index in [1.165, 1.54) is 28.4 Å². The van der Waals surface area contributed by atoms with Crippen molar-refractivity contribution in [1.29, 1.82) is 0 Å². The standard InChI is InChI=1S/C42H44N4O8/c1-51-35-13-5-9-31(37(35)53-3)41(49)45-25-7-11-33(45)39(47)43-29-21-17-27(18-22-29)15-16-28-19-23-30(24-20-28)44-40(48)34-12-8-26-46(34)42(50)32-10-6-14-36(52-2)38(32)54-4/h5-6,9-10,13-24,33-34H,7-8,11-12,25-26H2,1-4H3,(H,43,47)(H,44,48)/t33-,34-/m0/s1. The molecular formula is C42H44N4O8. The summed E-state index contributed by atoms with van der Waals surface area (Å²) in [7, 11) is 6.00. The van der Waals surface area contributed by atoms with Crippen molar-refractivity contribution < 1.29 is 38.1 Å². The van der Waals surface area contributed by atoms with Crippen molar-refractivity contribution in [3.05, 3.63) is 107 Å². The minimum atomic E-state index is -0.608. The molecule has 0 bridgehead atoms. The first-order valence-electron chi connectivity index (χ1n) is 17.8. The molecule has 2 N–H and O–H groups in total. The highest BCUT2D eigenvalue weighted by Gasteiger charge is 2.37. The number of carbonyl (C=O) groups is 4. The van der Waals surface area contributed by atoms with Crippen LogP contribution >= 0.6 is 0 Å². The number of para-hydroxylation sites is 2. The fourth-order valence-corrected chi connectivity index (χ4v) is 6.98. The molecule has 4 aromatic carbocycles. The van der Waals surface area contributed by atoms with E-state index in [0.717, 1.165) is 11.1 Å². The van der Waals surface area contributed by atoms with Gasteiger partial charge in [-0.3, -0.25) is 19.2 Å². The van der Waals surface area contributed by atoms with E-state index >= 15 is 0 Å². The zero-order chi connectivity index (χ0) is 38.2. The molecule has 280 valence electrons. The van der Waals surface area contributed by atoms with E-state index in [1.807, 2.05) is 60.7 Å². The van der Waals surface area contributed by atoms with Crippen LogP contribution in [0, 0.1) is 0 Å². The number of nitrogens with zero attached hydrogens (tertiary/aromatic N) is 2.